The molecule has 0 saturated carbocycles. The molecule has 0 fully saturated rings. The summed E-state index contributed by atoms with van der Waals surface area (Å²) in [7, 11) is 0. The molecule has 2 unspecified atom stereocenters. The van der Waals surface area contributed by atoms with Crippen LogP contribution in [-0.2, 0) is 0 Å². The highest BCUT2D eigenvalue weighted by Gasteiger charge is 2.36. The first-order chi connectivity index (χ1) is 9.05. The molecule has 1 N–H and O–H groups in total. The Balaban J connectivity index is 2.27. The zero-order chi connectivity index (χ0) is 13.9. The van der Waals surface area contributed by atoms with E-state index >= 15 is 0 Å². The molecule has 0 radical (unpaired) electrons. The number of hydrogen-bond donors (Lipinski definition) is 1. The normalized spacial score (nSPS) is 25.1. The summed E-state index contributed by atoms with van der Waals surface area (Å²) >= 11 is 0. The Morgan fingerprint density at radius 2 is 2.16 bits per heavy atom. The van der Waals surface area contributed by atoms with Gasteiger partial charge in [-0.3, -0.25) is 0 Å². The fourth-order valence-electron chi connectivity index (χ4n) is 2.17. The summed E-state index contributed by atoms with van der Waals surface area (Å²) in [6, 6.07) is 7.86. The van der Waals surface area contributed by atoms with Crippen LogP contribution < -0.4 is 4.74 Å². The summed E-state index contributed by atoms with van der Waals surface area (Å²) < 4.78 is 5.76. The Morgan fingerprint density at radius 3 is 2.84 bits per heavy atom. The van der Waals surface area contributed by atoms with Gasteiger partial charge in [-0.2, -0.15) is 5.26 Å². The Labute approximate surface area is 113 Å². The summed E-state index contributed by atoms with van der Waals surface area (Å²) in [5.41, 5.74) is 2.11. The van der Waals surface area contributed by atoms with Crippen molar-refractivity contribution >= 4 is 0 Å². The van der Waals surface area contributed by atoms with Crippen LogP contribution in [-0.4, -0.2) is 10.9 Å². The number of allylic oxidation sites excluding steroid dienone is 2. The fourth-order valence-corrected chi connectivity index (χ4v) is 2.17. The van der Waals surface area contributed by atoms with Crippen molar-refractivity contribution in [2.24, 2.45) is 5.92 Å². The molecule has 1 aromatic carbocycles. The lowest BCUT2D eigenvalue weighted by Crippen LogP contribution is -2.42. The highest BCUT2D eigenvalue weighted by molar-refractivity contribution is 5.37. The monoisotopic (exact) mass is 255 g/mol. The van der Waals surface area contributed by atoms with Crippen molar-refractivity contribution in [2.75, 3.05) is 0 Å². The topological polar surface area (TPSA) is 53.2 Å². The van der Waals surface area contributed by atoms with Crippen LogP contribution in [0.25, 0.3) is 0 Å². The molecule has 0 amide bonds. The first-order valence-corrected chi connectivity index (χ1v) is 6.27. The number of rotatable bonds is 3. The average molecular weight is 255 g/mol. The minimum atomic E-state index is -1.45. The molecule has 0 aromatic heterocycles. The van der Waals surface area contributed by atoms with E-state index in [9.17, 15) is 5.11 Å². The van der Waals surface area contributed by atoms with Crippen molar-refractivity contribution in [3.8, 4) is 11.8 Å². The van der Waals surface area contributed by atoms with Gasteiger partial charge in [0.25, 0.3) is 0 Å². The Hall–Kier alpha value is -2.05. The standard InChI is InChI=1S/C16H17NO2/c1-12-6-7-15(13(2)11-12)19-16(18)9-4-3-5-14(16)8-10-17/h3-7,9,11,14,18H,8H2,1-2H3. The molecule has 98 valence electrons. The molecular weight excluding hydrogens is 238 g/mol. The van der Waals surface area contributed by atoms with Crippen LogP contribution in [0.1, 0.15) is 17.5 Å². The van der Waals surface area contributed by atoms with E-state index in [1.54, 1.807) is 18.2 Å². The maximum atomic E-state index is 10.6. The quantitative estimate of drug-likeness (QED) is 0.845. The first kappa shape index (κ1) is 13.4. The van der Waals surface area contributed by atoms with Crippen molar-refractivity contribution in [3.05, 3.63) is 53.6 Å². The minimum absolute atomic E-state index is 0.211. The summed E-state index contributed by atoms with van der Waals surface area (Å²) in [4.78, 5) is 0. The molecule has 0 aliphatic heterocycles. The van der Waals surface area contributed by atoms with Gasteiger partial charge in [-0.1, -0.05) is 35.9 Å². The number of aryl methyl sites for hydroxylation is 2. The maximum absolute atomic E-state index is 10.6. The number of nitrogens with zero attached hydrogens (tertiary/aromatic N) is 1. The van der Waals surface area contributed by atoms with Gasteiger partial charge in [0.2, 0.25) is 5.79 Å². The van der Waals surface area contributed by atoms with Gasteiger partial charge in [0, 0.05) is 6.42 Å². The molecule has 2 atom stereocenters. The van der Waals surface area contributed by atoms with E-state index in [1.165, 1.54) is 0 Å². The molecule has 1 aliphatic rings. The number of nitriles is 1. The Morgan fingerprint density at radius 1 is 1.37 bits per heavy atom. The number of hydrogen-bond acceptors (Lipinski definition) is 3. The lowest BCUT2D eigenvalue weighted by atomic mass is 9.91. The van der Waals surface area contributed by atoms with Crippen molar-refractivity contribution < 1.29 is 9.84 Å². The van der Waals surface area contributed by atoms with E-state index in [2.05, 4.69) is 6.07 Å². The van der Waals surface area contributed by atoms with Crippen LogP contribution in [0.2, 0.25) is 0 Å². The maximum Gasteiger partial charge on any atom is 0.235 e. The van der Waals surface area contributed by atoms with Gasteiger partial charge in [0.05, 0.1) is 12.0 Å². The second-order valence-electron chi connectivity index (χ2n) is 4.84. The molecule has 0 heterocycles. The van der Waals surface area contributed by atoms with Crippen molar-refractivity contribution in [2.45, 2.75) is 26.1 Å². The molecule has 0 bridgehead atoms. The molecular formula is C16H17NO2. The second kappa shape index (κ2) is 5.29. The lowest BCUT2D eigenvalue weighted by Gasteiger charge is -2.33. The van der Waals surface area contributed by atoms with Crippen LogP contribution in [0.5, 0.6) is 5.75 Å². The van der Waals surface area contributed by atoms with E-state index in [1.807, 2.05) is 38.1 Å². The van der Waals surface area contributed by atoms with E-state index in [4.69, 9.17) is 10.00 Å². The fraction of sp³-hybridized carbons (Fsp3) is 0.312. The van der Waals surface area contributed by atoms with Crippen molar-refractivity contribution in [1.82, 2.24) is 0 Å². The Kier molecular flexibility index (Phi) is 3.73. The molecule has 3 nitrogen and oxygen atoms in total. The number of ether oxygens (including phenoxy) is 1. The van der Waals surface area contributed by atoms with E-state index in [0.29, 0.717) is 5.75 Å². The molecule has 19 heavy (non-hydrogen) atoms. The van der Waals surface area contributed by atoms with E-state index in [0.717, 1.165) is 11.1 Å². The van der Waals surface area contributed by atoms with Crippen LogP contribution in [0.3, 0.4) is 0 Å². The smallest absolute Gasteiger partial charge is 0.235 e. The molecule has 1 aliphatic carbocycles. The van der Waals surface area contributed by atoms with Crippen LogP contribution >= 0.6 is 0 Å². The Bertz CT molecular complexity index is 569. The van der Waals surface area contributed by atoms with Crippen LogP contribution in [0, 0.1) is 31.1 Å². The van der Waals surface area contributed by atoms with Crippen LogP contribution in [0.15, 0.2) is 42.5 Å². The number of aliphatic hydroxyl groups is 1. The van der Waals surface area contributed by atoms with Crippen LogP contribution in [0.4, 0.5) is 0 Å². The highest BCUT2D eigenvalue weighted by Crippen LogP contribution is 2.32. The average Bonchev–Trinajstić information content (AvgIpc) is 2.36. The van der Waals surface area contributed by atoms with Gasteiger partial charge in [-0.05, 0) is 31.6 Å². The summed E-state index contributed by atoms with van der Waals surface area (Å²) in [5.74, 6) is -1.18. The highest BCUT2D eigenvalue weighted by atomic mass is 16.6. The minimum Gasteiger partial charge on any atom is -0.458 e. The summed E-state index contributed by atoms with van der Waals surface area (Å²) in [6.07, 6.45) is 7.16. The third kappa shape index (κ3) is 2.86. The third-order valence-electron chi connectivity index (χ3n) is 3.24. The van der Waals surface area contributed by atoms with Gasteiger partial charge in [0.15, 0.2) is 0 Å². The predicted octanol–water partition coefficient (Wildman–Crippen LogP) is 3.03. The molecule has 0 saturated heterocycles. The van der Waals surface area contributed by atoms with Crippen molar-refractivity contribution in [3.63, 3.8) is 0 Å². The zero-order valence-electron chi connectivity index (χ0n) is 11.1. The SMILES string of the molecule is Cc1ccc(OC2(O)C=CC=CC2CC#N)c(C)c1. The lowest BCUT2D eigenvalue weighted by molar-refractivity contribution is -0.125. The third-order valence-corrected chi connectivity index (χ3v) is 3.24. The van der Waals surface area contributed by atoms with Gasteiger partial charge in [-0.25, -0.2) is 0 Å². The first-order valence-electron chi connectivity index (χ1n) is 6.27. The van der Waals surface area contributed by atoms with Gasteiger partial charge in [-0.15, -0.1) is 0 Å². The van der Waals surface area contributed by atoms with Gasteiger partial charge in [0.1, 0.15) is 5.75 Å². The molecule has 2 rings (SSSR count). The molecule has 1 aromatic rings. The summed E-state index contributed by atoms with van der Waals surface area (Å²) in [6.45, 7) is 3.95. The molecule has 0 spiro atoms. The predicted molar refractivity (Wildman–Crippen MR) is 73.5 cm³/mol. The zero-order valence-corrected chi connectivity index (χ0v) is 11.1. The van der Waals surface area contributed by atoms with Crippen molar-refractivity contribution in [1.29, 1.82) is 5.26 Å². The molecule has 3 heteroatoms. The second-order valence-corrected chi connectivity index (χ2v) is 4.84. The largest absolute Gasteiger partial charge is 0.458 e. The number of benzene rings is 1. The van der Waals surface area contributed by atoms with Gasteiger partial charge < -0.3 is 9.84 Å². The van der Waals surface area contributed by atoms with E-state index < -0.39 is 5.79 Å². The van der Waals surface area contributed by atoms with Gasteiger partial charge >= 0.3 is 0 Å². The summed E-state index contributed by atoms with van der Waals surface area (Å²) in [5, 5.41) is 19.4. The van der Waals surface area contributed by atoms with E-state index in [-0.39, 0.29) is 12.3 Å².